The number of carbonyl (C=O) groups is 2. The van der Waals surface area contributed by atoms with Crippen molar-refractivity contribution < 1.29 is 14.3 Å². The number of carbonyl (C=O) groups excluding carboxylic acids is 2. The molecule has 0 aliphatic carbocycles. The van der Waals surface area contributed by atoms with E-state index < -0.39 is 0 Å². The summed E-state index contributed by atoms with van der Waals surface area (Å²) in [6.45, 7) is 1.32. The van der Waals surface area contributed by atoms with E-state index in [4.69, 9.17) is 11.2 Å². The number of methoxy groups -OCH3 is 1. The van der Waals surface area contributed by atoms with Gasteiger partial charge >= 0.3 is 6.03 Å². The molecule has 3 aromatic rings. The second kappa shape index (κ2) is 10.1. The molecule has 172 valence electrons. The molecule has 9 nitrogen and oxygen atoms in total. The van der Waals surface area contributed by atoms with Gasteiger partial charge in [-0.1, -0.05) is 12.1 Å². The van der Waals surface area contributed by atoms with Crippen molar-refractivity contribution in [3.8, 4) is 24.2 Å². The number of hydrogen-bond donors (Lipinski definition) is 2. The number of anilines is 2. The largest absolute Gasteiger partial charge is 0.495 e. The summed E-state index contributed by atoms with van der Waals surface area (Å²) in [5.41, 5.74) is 2.28. The molecule has 2 aromatic heterocycles. The third kappa shape index (κ3) is 4.72. The second-order valence-electron chi connectivity index (χ2n) is 7.52. The van der Waals surface area contributed by atoms with Crippen LogP contribution in [0.3, 0.4) is 0 Å². The fourth-order valence-electron chi connectivity index (χ4n) is 3.68. The van der Waals surface area contributed by atoms with Crippen molar-refractivity contribution in [2.45, 2.75) is 25.9 Å². The van der Waals surface area contributed by atoms with Crippen LogP contribution in [-0.2, 0) is 19.5 Å². The first-order chi connectivity index (χ1) is 16.5. The summed E-state index contributed by atoms with van der Waals surface area (Å²) in [5, 5.41) is 20.1. The Balaban J connectivity index is 1.47. The minimum atomic E-state index is -0.354. The first kappa shape index (κ1) is 22.9. The number of para-hydroxylation sites is 2. The number of hydrogen-bond acceptors (Lipinski definition) is 6. The molecular weight excluding hydrogens is 452 g/mol. The number of fused-ring (bicyclic) bond motifs is 1. The minimum Gasteiger partial charge on any atom is -0.495 e. The summed E-state index contributed by atoms with van der Waals surface area (Å²) < 4.78 is 6.90. The third-order valence-corrected chi connectivity index (χ3v) is 6.54. The molecule has 34 heavy (non-hydrogen) atoms. The highest BCUT2D eigenvalue weighted by Crippen LogP contribution is 2.37. The van der Waals surface area contributed by atoms with E-state index in [-0.39, 0.29) is 11.9 Å². The number of aryl methyl sites for hydroxylation is 1. The standard InChI is InChI=1S/C24H22N6O3S/c1-3-4-10-30-14-16(13-26-30)22(31)28-23-18(12-25)17-9-11-29(15-21(17)34-23)24(32)27-19-7-5-6-8-20(19)33-2/h1,5-8,13-14H,4,9-11,15H2,2H3,(H,27,32)(H,28,31). The second-order valence-corrected chi connectivity index (χ2v) is 8.63. The average Bonchev–Trinajstić information content (AvgIpc) is 3.46. The van der Waals surface area contributed by atoms with Gasteiger partial charge in [-0.05, 0) is 24.1 Å². The van der Waals surface area contributed by atoms with Crippen LogP contribution >= 0.6 is 11.3 Å². The topological polar surface area (TPSA) is 112 Å². The van der Waals surface area contributed by atoms with Gasteiger partial charge in [-0.2, -0.15) is 10.4 Å². The number of urea groups is 1. The van der Waals surface area contributed by atoms with Crippen LogP contribution in [0.1, 0.15) is 32.8 Å². The first-order valence-corrected chi connectivity index (χ1v) is 11.4. The van der Waals surface area contributed by atoms with Crippen molar-refractivity contribution in [2.75, 3.05) is 24.3 Å². The molecular formula is C24H22N6O3S. The SMILES string of the molecule is C#CCCn1cc(C(=O)Nc2sc3c(c2C#N)CCN(C(=O)Nc2ccccc2OC)C3)cn1. The smallest absolute Gasteiger partial charge is 0.322 e. The molecule has 0 atom stereocenters. The lowest BCUT2D eigenvalue weighted by molar-refractivity contribution is 0.102. The number of terminal acetylenes is 1. The molecule has 1 aliphatic heterocycles. The van der Waals surface area contributed by atoms with Crippen LogP contribution in [0.15, 0.2) is 36.7 Å². The number of nitrogens with one attached hydrogen (secondary N) is 2. The van der Waals surface area contributed by atoms with Crippen molar-refractivity contribution in [3.05, 3.63) is 58.2 Å². The summed E-state index contributed by atoms with van der Waals surface area (Å²) in [5.74, 6) is 2.75. The van der Waals surface area contributed by atoms with Gasteiger partial charge in [0.1, 0.15) is 16.8 Å². The molecule has 4 rings (SSSR count). The van der Waals surface area contributed by atoms with Crippen LogP contribution in [-0.4, -0.2) is 40.3 Å². The van der Waals surface area contributed by atoms with E-state index in [0.29, 0.717) is 60.0 Å². The number of nitriles is 1. The number of thiophene rings is 1. The Labute approximate surface area is 200 Å². The highest BCUT2D eigenvalue weighted by atomic mass is 32.1. The van der Waals surface area contributed by atoms with Crippen molar-refractivity contribution in [1.29, 1.82) is 5.26 Å². The first-order valence-electron chi connectivity index (χ1n) is 10.5. The van der Waals surface area contributed by atoms with E-state index in [0.717, 1.165) is 10.4 Å². The number of benzene rings is 1. The van der Waals surface area contributed by atoms with Crippen LogP contribution in [0, 0.1) is 23.7 Å². The normalized spacial score (nSPS) is 12.3. The van der Waals surface area contributed by atoms with Crippen LogP contribution in [0.4, 0.5) is 15.5 Å². The fourth-order valence-corrected chi connectivity index (χ4v) is 4.89. The highest BCUT2D eigenvalue weighted by molar-refractivity contribution is 7.16. The summed E-state index contributed by atoms with van der Waals surface area (Å²) in [4.78, 5) is 28.1. The van der Waals surface area contributed by atoms with E-state index in [2.05, 4.69) is 27.7 Å². The Hall–Kier alpha value is -4.28. The predicted molar refractivity (Wildman–Crippen MR) is 129 cm³/mol. The Bertz CT molecular complexity index is 1310. The maximum atomic E-state index is 12.9. The number of rotatable bonds is 6. The summed E-state index contributed by atoms with van der Waals surface area (Å²) in [6.07, 6.45) is 9.40. The van der Waals surface area contributed by atoms with E-state index in [9.17, 15) is 14.9 Å². The molecule has 10 heteroatoms. The van der Waals surface area contributed by atoms with Crippen molar-refractivity contribution in [1.82, 2.24) is 14.7 Å². The van der Waals surface area contributed by atoms with E-state index in [1.54, 1.807) is 35.0 Å². The zero-order chi connectivity index (χ0) is 24.1. The molecule has 3 amide bonds. The Kier molecular flexibility index (Phi) is 6.81. The Morgan fingerprint density at radius 1 is 1.32 bits per heavy atom. The summed E-state index contributed by atoms with van der Waals surface area (Å²) >= 11 is 1.31. The van der Waals surface area contributed by atoms with Gasteiger partial charge < -0.3 is 20.3 Å². The zero-order valence-electron chi connectivity index (χ0n) is 18.5. The zero-order valence-corrected chi connectivity index (χ0v) is 19.3. The van der Waals surface area contributed by atoms with Gasteiger partial charge in [0.25, 0.3) is 5.91 Å². The molecule has 0 unspecified atom stereocenters. The quantitative estimate of drug-likeness (QED) is 0.529. The van der Waals surface area contributed by atoms with Crippen LogP contribution in [0.5, 0.6) is 5.75 Å². The van der Waals surface area contributed by atoms with Gasteiger partial charge in [0.15, 0.2) is 0 Å². The van der Waals surface area contributed by atoms with Gasteiger partial charge in [-0.15, -0.1) is 23.7 Å². The van der Waals surface area contributed by atoms with E-state index in [1.165, 1.54) is 17.5 Å². The fraction of sp³-hybridized carbons (Fsp3) is 0.250. The highest BCUT2D eigenvalue weighted by Gasteiger charge is 2.28. The molecule has 3 heterocycles. The van der Waals surface area contributed by atoms with Gasteiger partial charge in [-0.25, -0.2) is 4.79 Å². The average molecular weight is 475 g/mol. The molecule has 1 aromatic carbocycles. The molecule has 2 N–H and O–H groups in total. The van der Waals surface area contributed by atoms with E-state index in [1.807, 2.05) is 12.1 Å². The monoisotopic (exact) mass is 474 g/mol. The maximum Gasteiger partial charge on any atom is 0.322 e. The van der Waals surface area contributed by atoms with Gasteiger partial charge in [0.2, 0.25) is 0 Å². The van der Waals surface area contributed by atoms with Crippen LogP contribution < -0.4 is 15.4 Å². The van der Waals surface area contributed by atoms with Crippen molar-refractivity contribution >= 4 is 34.0 Å². The van der Waals surface area contributed by atoms with E-state index >= 15 is 0 Å². The number of aromatic nitrogens is 2. The molecule has 0 radical (unpaired) electrons. The third-order valence-electron chi connectivity index (χ3n) is 5.41. The Morgan fingerprint density at radius 2 is 2.15 bits per heavy atom. The van der Waals surface area contributed by atoms with Gasteiger partial charge in [0, 0.05) is 24.0 Å². The lowest BCUT2D eigenvalue weighted by atomic mass is 10.0. The van der Waals surface area contributed by atoms with Crippen LogP contribution in [0.25, 0.3) is 0 Å². The summed E-state index contributed by atoms with van der Waals surface area (Å²) in [6, 6.07) is 9.14. The summed E-state index contributed by atoms with van der Waals surface area (Å²) in [7, 11) is 1.55. The number of ether oxygens (including phenoxy) is 1. The van der Waals surface area contributed by atoms with Gasteiger partial charge in [0.05, 0.1) is 43.2 Å². The van der Waals surface area contributed by atoms with Gasteiger partial charge in [-0.3, -0.25) is 9.48 Å². The van der Waals surface area contributed by atoms with Crippen molar-refractivity contribution in [2.24, 2.45) is 0 Å². The number of nitrogens with zero attached hydrogens (tertiary/aromatic N) is 4. The molecule has 0 saturated carbocycles. The molecule has 0 bridgehead atoms. The molecule has 0 spiro atoms. The molecule has 0 saturated heterocycles. The predicted octanol–water partition coefficient (Wildman–Crippen LogP) is 3.69. The molecule has 1 aliphatic rings. The minimum absolute atomic E-state index is 0.257. The molecule has 0 fully saturated rings. The Morgan fingerprint density at radius 3 is 2.91 bits per heavy atom. The lowest BCUT2D eigenvalue weighted by Crippen LogP contribution is -2.38. The maximum absolute atomic E-state index is 12.9. The van der Waals surface area contributed by atoms with Crippen LogP contribution in [0.2, 0.25) is 0 Å². The number of amides is 3. The lowest BCUT2D eigenvalue weighted by Gasteiger charge is -2.27. The van der Waals surface area contributed by atoms with Crippen molar-refractivity contribution in [3.63, 3.8) is 0 Å².